The highest BCUT2D eigenvalue weighted by atomic mass is 32.1. The van der Waals surface area contributed by atoms with Crippen LogP contribution in [-0.4, -0.2) is 26.9 Å². The Hall–Kier alpha value is -3.45. The topological polar surface area (TPSA) is 78.3 Å². The monoisotopic (exact) mass is 401 g/mol. The number of fused-ring (bicyclic) bond motifs is 2. The number of methoxy groups -OCH3 is 1. The van der Waals surface area contributed by atoms with Gasteiger partial charge in [-0.25, -0.2) is 0 Å². The third-order valence-electron chi connectivity index (χ3n) is 5.16. The number of hydrogen-bond acceptors (Lipinski definition) is 6. The summed E-state index contributed by atoms with van der Waals surface area (Å²) in [5.41, 5.74) is 8.90. The number of nitrogens with zero attached hydrogens (tertiary/aromatic N) is 4. The van der Waals surface area contributed by atoms with Crippen LogP contribution >= 0.6 is 11.3 Å². The lowest BCUT2D eigenvalue weighted by Gasteiger charge is -2.11. The Morgan fingerprint density at radius 2 is 1.79 bits per heavy atom. The summed E-state index contributed by atoms with van der Waals surface area (Å²) in [6.07, 6.45) is 0. The van der Waals surface area contributed by atoms with Crippen molar-refractivity contribution in [1.82, 2.24) is 19.8 Å². The second-order valence-electron chi connectivity index (χ2n) is 6.94. The SMILES string of the molecule is COc1ccc2cc(C(C)c3nnc4sc(-c5ccccc5N)nn34)ccc2c1. The normalized spacial score (nSPS) is 12.5. The highest BCUT2D eigenvalue weighted by Gasteiger charge is 2.20. The van der Waals surface area contributed by atoms with Crippen LogP contribution in [0.3, 0.4) is 0 Å². The maximum atomic E-state index is 6.12. The van der Waals surface area contributed by atoms with Crippen LogP contribution in [0.25, 0.3) is 26.3 Å². The molecule has 0 saturated heterocycles. The van der Waals surface area contributed by atoms with Crippen LogP contribution in [0.15, 0.2) is 60.7 Å². The molecule has 0 saturated carbocycles. The number of hydrogen-bond donors (Lipinski definition) is 1. The van der Waals surface area contributed by atoms with Crippen molar-refractivity contribution in [3.05, 3.63) is 72.1 Å². The van der Waals surface area contributed by atoms with Gasteiger partial charge in [0.1, 0.15) is 10.8 Å². The van der Waals surface area contributed by atoms with Crippen molar-refractivity contribution in [3.8, 4) is 16.3 Å². The van der Waals surface area contributed by atoms with Crippen LogP contribution in [0.4, 0.5) is 5.69 Å². The molecule has 0 aliphatic heterocycles. The Kier molecular flexibility index (Phi) is 4.17. The zero-order valence-electron chi connectivity index (χ0n) is 16.0. The first-order valence-corrected chi connectivity index (χ1v) is 10.1. The van der Waals surface area contributed by atoms with E-state index in [1.165, 1.54) is 11.3 Å². The molecule has 2 N–H and O–H groups in total. The fourth-order valence-corrected chi connectivity index (χ4v) is 4.38. The maximum Gasteiger partial charge on any atom is 0.235 e. The molecule has 5 aromatic rings. The minimum Gasteiger partial charge on any atom is -0.497 e. The van der Waals surface area contributed by atoms with Gasteiger partial charge in [0.15, 0.2) is 5.82 Å². The second-order valence-corrected chi connectivity index (χ2v) is 7.90. The van der Waals surface area contributed by atoms with Crippen LogP contribution in [0.5, 0.6) is 5.75 Å². The Balaban J connectivity index is 1.55. The lowest BCUT2D eigenvalue weighted by molar-refractivity contribution is 0.415. The smallest absolute Gasteiger partial charge is 0.235 e. The van der Waals surface area contributed by atoms with Gasteiger partial charge < -0.3 is 10.5 Å². The van der Waals surface area contributed by atoms with Crippen LogP contribution in [-0.2, 0) is 0 Å². The quantitative estimate of drug-likeness (QED) is 0.440. The van der Waals surface area contributed by atoms with Gasteiger partial charge in [0.2, 0.25) is 4.96 Å². The molecular weight excluding hydrogens is 382 g/mol. The van der Waals surface area contributed by atoms with Gasteiger partial charge in [-0.05, 0) is 40.6 Å². The minimum absolute atomic E-state index is 0.0413. The first kappa shape index (κ1) is 17.6. The molecule has 2 aromatic heterocycles. The molecule has 29 heavy (non-hydrogen) atoms. The molecule has 0 aliphatic rings. The van der Waals surface area contributed by atoms with Crippen molar-refractivity contribution < 1.29 is 4.74 Å². The van der Waals surface area contributed by atoms with E-state index in [1.807, 2.05) is 40.9 Å². The van der Waals surface area contributed by atoms with Crippen molar-refractivity contribution >= 4 is 32.8 Å². The number of ether oxygens (including phenoxy) is 1. The predicted molar refractivity (Wildman–Crippen MR) is 117 cm³/mol. The fourth-order valence-electron chi connectivity index (χ4n) is 3.49. The van der Waals surface area contributed by atoms with Crippen LogP contribution < -0.4 is 10.5 Å². The number of aromatic nitrogens is 4. The second kappa shape index (κ2) is 6.86. The van der Waals surface area contributed by atoms with E-state index in [-0.39, 0.29) is 5.92 Å². The third kappa shape index (κ3) is 3.00. The zero-order valence-corrected chi connectivity index (χ0v) is 16.9. The summed E-state index contributed by atoms with van der Waals surface area (Å²) >= 11 is 1.49. The van der Waals surface area contributed by atoms with Gasteiger partial charge >= 0.3 is 0 Å². The van der Waals surface area contributed by atoms with E-state index in [0.29, 0.717) is 5.69 Å². The molecule has 6 nitrogen and oxygen atoms in total. The Morgan fingerprint density at radius 3 is 2.62 bits per heavy atom. The first-order chi connectivity index (χ1) is 14.1. The molecule has 0 amide bonds. The van der Waals surface area contributed by atoms with Crippen LogP contribution in [0.2, 0.25) is 0 Å². The Labute approximate surface area is 171 Å². The standard InChI is InChI=1S/C22H19N5OS/c1-13(14-7-8-16-12-17(28-2)10-9-15(16)11-14)20-24-25-22-27(20)26-21(29-22)18-5-3-4-6-19(18)23/h3-13H,23H2,1-2H3. The number of benzene rings is 3. The molecule has 2 heterocycles. The molecule has 7 heteroatoms. The van der Waals surface area contributed by atoms with E-state index in [9.17, 15) is 0 Å². The molecular formula is C22H19N5OS. The van der Waals surface area contributed by atoms with Gasteiger partial charge in [-0.1, -0.05) is 54.7 Å². The summed E-state index contributed by atoms with van der Waals surface area (Å²) in [4.78, 5) is 0.760. The van der Waals surface area contributed by atoms with Gasteiger partial charge in [0.05, 0.1) is 7.11 Å². The van der Waals surface area contributed by atoms with Gasteiger partial charge in [-0.15, -0.1) is 10.2 Å². The maximum absolute atomic E-state index is 6.12. The van der Waals surface area contributed by atoms with E-state index < -0.39 is 0 Å². The van der Waals surface area contributed by atoms with Crippen molar-refractivity contribution in [2.45, 2.75) is 12.8 Å². The summed E-state index contributed by atoms with van der Waals surface area (Å²) in [5, 5.41) is 16.6. The van der Waals surface area contributed by atoms with Gasteiger partial charge in [0, 0.05) is 17.2 Å². The highest BCUT2D eigenvalue weighted by molar-refractivity contribution is 7.19. The number of nitrogens with two attached hydrogens (primary N) is 1. The molecule has 0 radical (unpaired) electrons. The molecule has 5 rings (SSSR count). The van der Waals surface area contributed by atoms with Crippen LogP contribution in [0.1, 0.15) is 24.2 Å². The van der Waals surface area contributed by atoms with Gasteiger partial charge in [-0.2, -0.15) is 9.61 Å². The molecule has 0 bridgehead atoms. The molecule has 1 atom stereocenters. The lowest BCUT2D eigenvalue weighted by Crippen LogP contribution is -2.03. The lowest BCUT2D eigenvalue weighted by atomic mass is 9.97. The zero-order chi connectivity index (χ0) is 20.0. The van der Waals surface area contributed by atoms with Gasteiger partial charge in [-0.3, -0.25) is 0 Å². The first-order valence-electron chi connectivity index (χ1n) is 9.29. The molecule has 0 aliphatic carbocycles. The Morgan fingerprint density at radius 1 is 1.00 bits per heavy atom. The minimum atomic E-state index is 0.0413. The molecule has 1 unspecified atom stereocenters. The van der Waals surface area contributed by atoms with E-state index in [0.717, 1.165) is 43.4 Å². The summed E-state index contributed by atoms with van der Waals surface area (Å²) in [7, 11) is 1.68. The van der Waals surface area contributed by atoms with Gasteiger partial charge in [0.25, 0.3) is 0 Å². The van der Waals surface area contributed by atoms with Crippen molar-refractivity contribution in [2.75, 3.05) is 12.8 Å². The van der Waals surface area contributed by atoms with E-state index in [2.05, 4.69) is 41.4 Å². The number of para-hydroxylation sites is 1. The third-order valence-corrected chi connectivity index (χ3v) is 6.10. The van der Waals surface area contributed by atoms with Crippen molar-refractivity contribution in [2.24, 2.45) is 0 Å². The van der Waals surface area contributed by atoms with E-state index in [4.69, 9.17) is 15.6 Å². The summed E-state index contributed by atoms with van der Waals surface area (Å²) in [6, 6.07) is 20.2. The summed E-state index contributed by atoms with van der Waals surface area (Å²) in [5.74, 6) is 1.71. The Bertz CT molecular complexity index is 1340. The number of nitrogen functional groups attached to an aromatic ring is 1. The molecule has 3 aromatic carbocycles. The molecule has 0 fully saturated rings. The summed E-state index contributed by atoms with van der Waals surface area (Å²) in [6.45, 7) is 2.12. The van der Waals surface area contributed by atoms with Crippen molar-refractivity contribution in [1.29, 1.82) is 0 Å². The van der Waals surface area contributed by atoms with Crippen molar-refractivity contribution in [3.63, 3.8) is 0 Å². The average Bonchev–Trinajstić information content (AvgIpc) is 3.33. The predicted octanol–water partition coefficient (Wildman–Crippen LogP) is 4.75. The molecule has 0 spiro atoms. The number of anilines is 1. The van der Waals surface area contributed by atoms with E-state index >= 15 is 0 Å². The summed E-state index contributed by atoms with van der Waals surface area (Å²) < 4.78 is 7.15. The number of rotatable bonds is 4. The highest BCUT2D eigenvalue weighted by Crippen LogP contribution is 2.32. The largest absolute Gasteiger partial charge is 0.497 e. The van der Waals surface area contributed by atoms with Crippen LogP contribution in [0, 0.1) is 0 Å². The fraction of sp³-hybridized carbons (Fsp3) is 0.136. The average molecular weight is 401 g/mol. The molecule has 144 valence electrons. The van der Waals surface area contributed by atoms with E-state index in [1.54, 1.807) is 7.11 Å².